The molecule has 0 N–H and O–H groups in total. The van der Waals surface area contributed by atoms with Crippen molar-refractivity contribution in [3.05, 3.63) is 77.4 Å². The molecule has 33 heavy (non-hydrogen) atoms. The summed E-state index contributed by atoms with van der Waals surface area (Å²) < 4.78 is 1.92. The van der Waals surface area contributed by atoms with Crippen LogP contribution in [-0.2, 0) is 6.54 Å². The van der Waals surface area contributed by atoms with Gasteiger partial charge in [0.1, 0.15) is 6.33 Å². The zero-order valence-corrected chi connectivity index (χ0v) is 19.8. The number of carbonyl (C=O) groups excluding carboxylic acids is 1. The molecule has 2 unspecified atom stereocenters. The molecule has 3 aromatic rings. The minimum absolute atomic E-state index is 0.0511. The Hall–Kier alpha value is -3.15. The van der Waals surface area contributed by atoms with Gasteiger partial charge >= 0.3 is 0 Å². The Kier molecular flexibility index (Phi) is 5.92. The van der Waals surface area contributed by atoms with E-state index in [0.717, 1.165) is 49.4 Å². The zero-order valence-electron chi connectivity index (χ0n) is 19.8. The molecule has 3 heterocycles. The second kappa shape index (κ2) is 9.00. The van der Waals surface area contributed by atoms with Crippen molar-refractivity contribution in [2.24, 2.45) is 0 Å². The van der Waals surface area contributed by atoms with Crippen LogP contribution < -0.4 is 4.90 Å². The molecule has 6 heteroatoms. The second-order valence-corrected chi connectivity index (χ2v) is 9.71. The number of fused-ring (bicyclic) bond motifs is 1. The van der Waals surface area contributed by atoms with Crippen LogP contribution in [0.3, 0.4) is 0 Å². The van der Waals surface area contributed by atoms with Crippen molar-refractivity contribution in [1.29, 1.82) is 0 Å². The summed E-state index contributed by atoms with van der Waals surface area (Å²) in [6.07, 6.45) is 5.20. The normalized spacial score (nSPS) is 20.4. The highest BCUT2D eigenvalue weighted by molar-refractivity contribution is 5.95. The smallest absolute Gasteiger partial charge is 0.254 e. The number of anilines is 1. The SMILES string of the molecule is CC1CCCCN1C(=O)c1ccc2c(c1)C(c1ncn(C(C)C)n1)CN2Cc1ccccc1. The van der Waals surface area contributed by atoms with Gasteiger partial charge in [0.15, 0.2) is 5.82 Å². The summed E-state index contributed by atoms with van der Waals surface area (Å²) in [4.78, 5) is 22.5. The third-order valence-electron chi connectivity index (χ3n) is 7.04. The predicted molar refractivity (Wildman–Crippen MR) is 131 cm³/mol. The number of carbonyl (C=O) groups is 1. The quantitative estimate of drug-likeness (QED) is 0.555. The van der Waals surface area contributed by atoms with Gasteiger partial charge in [-0.3, -0.25) is 9.48 Å². The highest BCUT2D eigenvalue weighted by atomic mass is 16.2. The van der Waals surface area contributed by atoms with Crippen LogP contribution in [0.15, 0.2) is 54.9 Å². The van der Waals surface area contributed by atoms with E-state index in [1.807, 2.05) is 28.0 Å². The Morgan fingerprint density at radius 2 is 1.94 bits per heavy atom. The molecule has 1 fully saturated rings. The predicted octanol–water partition coefficient (Wildman–Crippen LogP) is 5.03. The van der Waals surface area contributed by atoms with Gasteiger partial charge in [-0.25, -0.2) is 4.98 Å². The second-order valence-electron chi connectivity index (χ2n) is 9.71. The number of benzene rings is 2. The number of nitrogens with zero attached hydrogens (tertiary/aromatic N) is 5. The van der Waals surface area contributed by atoms with Gasteiger partial charge in [0, 0.05) is 43.0 Å². The van der Waals surface area contributed by atoms with Crippen LogP contribution in [0.5, 0.6) is 0 Å². The zero-order chi connectivity index (χ0) is 22.9. The number of hydrogen-bond donors (Lipinski definition) is 0. The van der Waals surface area contributed by atoms with Crippen molar-refractivity contribution in [2.45, 2.75) is 64.6 Å². The van der Waals surface area contributed by atoms with Crippen LogP contribution in [0, 0.1) is 0 Å². The molecule has 0 bridgehead atoms. The van der Waals surface area contributed by atoms with Gasteiger partial charge in [-0.05, 0) is 69.4 Å². The summed E-state index contributed by atoms with van der Waals surface area (Å²) in [5.74, 6) is 1.03. The summed E-state index contributed by atoms with van der Waals surface area (Å²) in [7, 11) is 0. The first-order valence-electron chi connectivity index (χ1n) is 12.2. The molecule has 2 aliphatic rings. The lowest BCUT2D eigenvalue weighted by atomic mass is 9.97. The van der Waals surface area contributed by atoms with Crippen molar-refractivity contribution in [1.82, 2.24) is 19.7 Å². The topological polar surface area (TPSA) is 54.3 Å². The number of rotatable bonds is 5. The molecule has 1 saturated heterocycles. The number of piperidine rings is 1. The fourth-order valence-electron chi connectivity index (χ4n) is 5.11. The third-order valence-corrected chi connectivity index (χ3v) is 7.04. The van der Waals surface area contributed by atoms with Gasteiger partial charge in [-0.2, -0.15) is 5.10 Å². The molecule has 0 radical (unpaired) electrons. The Labute approximate surface area is 196 Å². The van der Waals surface area contributed by atoms with Crippen molar-refractivity contribution in [3.63, 3.8) is 0 Å². The first-order valence-corrected chi connectivity index (χ1v) is 12.2. The molecular formula is C27H33N5O. The Bertz CT molecular complexity index is 1120. The van der Waals surface area contributed by atoms with E-state index in [9.17, 15) is 4.79 Å². The molecule has 6 nitrogen and oxygen atoms in total. The van der Waals surface area contributed by atoms with Crippen LogP contribution in [-0.4, -0.2) is 44.7 Å². The first kappa shape index (κ1) is 21.7. The van der Waals surface area contributed by atoms with E-state index >= 15 is 0 Å². The van der Waals surface area contributed by atoms with E-state index in [1.54, 1.807) is 0 Å². The van der Waals surface area contributed by atoms with Crippen LogP contribution in [0.2, 0.25) is 0 Å². The fourth-order valence-corrected chi connectivity index (χ4v) is 5.11. The van der Waals surface area contributed by atoms with E-state index < -0.39 is 0 Å². The van der Waals surface area contributed by atoms with Crippen molar-refractivity contribution >= 4 is 11.6 Å². The largest absolute Gasteiger partial charge is 0.366 e. The highest BCUT2D eigenvalue weighted by Gasteiger charge is 2.34. The molecular weight excluding hydrogens is 410 g/mol. The average Bonchev–Trinajstić information content (AvgIpc) is 3.45. The van der Waals surface area contributed by atoms with E-state index in [-0.39, 0.29) is 17.9 Å². The lowest BCUT2D eigenvalue weighted by Crippen LogP contribution is -2.42. The fraction of sp³-hybridized carbons (Fsp3) is 0.444. The minimum Gasteiger partial charge on any atom is -0.366 e. The number of likely N-dealkylation sites (tertiary alicyclic amines) is 1. The number of amides is 1. The summed E-state index contributed by atoms with van der Waals surface area (Å²) in [6.45, 7) is 8.87. The molecule has 172 valence electrons. The van der Waals surface area contributed by atoms with Crippen molar-refractivity contribution in [3.8, 4) is 0 Å². The van der Waals surface area contributed by atoms with Gasteiger partial charge < -0.3 is 9.80 Å². The maximum atomic E-state index is 13.4. The monoisotopic (exact) mass is 443 g/mol. The van der Waals surface area contributed by atoms with Gasteiger partial charge in [0.25, 0.3) is 5.91 Å². The minimum atomic E-state index is 0.0511. The molecule has 0 aliphatic carbocycles. The molecule has 2 aromatic carbocycles. The molecule has 5 rings (SSSR count). The van der Waals surface area contributed by atoms with Crippen LogP contribution in [0.4, 0.5) is 5.69 Å². The van der Waals surface area contributed by atoms with Crippen molar-refractivity contribution in [2.75, 3.05) is 18.0 Å². The Balaban J connectivity index is 1.50. The van der Waals surface area contributed by atoms with Crippen LogP contribution >= 0.6 is 0 Å². The van der Waals surface area contributed by atoms with E-state index in [0.29, 0.717) is 6.04 Å². The number of hydrogen-bond acceptors (Lipinski definition) is 4. The number of aromatic nitrogens is 3. The molecule has 2 aliphatic heterocycles. The maximum Gasteiger partial charge on any atom is 0.254 e. The van der Waals surface area contributed by atoms with E-state index in [1.165, 1.54) is 17.7 Å². The lowest BCUT2D eigenvalue weighted by molar-refractivity contribution is 0.0635. The van der Waals surface area contributed by atoms with Crippen molar-refractivity contribution < 1.29 is 4.79 Å². The average molecular weight is 444 g/mol. The summed E-state index contributed by atoms with van der Waals surface area (Å²) >= 11 is 0. The molecule has 1 amide bonds. The molecule has 2 atom stereocenters. The Morgan fingerprint density at radius 3 is 2.67 bits per heavy atom. The molecule has 0 saturated carbocycles. The third kappa shape index (κ3) is 4.26. The van der Waals surface area contributed by atoms with Gasteiger partial charge in [0.05, 0.1) is 5.92 Å². The standard InChI is InChI=1S/C27H33N5O/c1-19(2)32-18-28-26(29-32)24-17-30(16-21-10-5-4-6-11-21)25-13-12-22(15-23(24)25)27(33)31-14-8-7-9-20(31)3/h4-6,10-13,15,18-20,24H,7-9,14,16-17H2,1-3H3. The van der Waals surface area contributed by atoms with Crippen LogP contribution in [0.1, 0.15) is 79.3 Å². The van der Waals surface area contributed by atoms with Gasteiger partial charge in [-0.15, -0.1) is 0 Å². The van der Waals surface area contributed by atoms with Gasteiger partial charge in [-0.1, -0.05) is 30.3 Å². The molecule has 0 spiro atoms. The summed E-state index contributed by atoms with van der Waals surface area (Å²) in [5.41, 5.74) is 4.38. The highest BCUT2D eigenvalue weighted by Crippen LogP contribution is 2.40. The lowest BCUT2D eigenvalue weighted by Gasteiger charge is -2.33. The first-order chi connectivity index (χ1) is 16.0. The summed E-state index contributed by atoms with van der Waals surface area (Å²) in [6, 6.07) is 17.3. The van der Waals surface area contributed by atoms with E-state index in [2.05, 4.69) is 67.1 Å². The van der Waals surface area contributed by atoms with Gasteiger partial charge in [0.2, 0.25) is 0 Å². The van der Waals surface area contributed by atoms with E-state index in [4.69, 9.17) is 5.10 Å². The summed E-state index contributed by atoms with van der Waals surface area (Å²) in [5, 5.41) is 4.79. The Morgan fingerprint density at radius 1 is 1.12 bits per heavy atom. The molecule has 1 aromatic heterocycles. The van der Waals surface area contributed by atoms with Crippen LogP contribution in [0.25, 0.3) is 0 Å². The maximum absolute atomic E-state index is 13.4.